The molecule has 0 unspecified atom stereocenters. The summed E-state index contributed by atoms with van der Waals surface area (Å²) in [6.07, 6.45) is -0.570. The van der Waals surface area contributed by atoms with Crippen molar-refractivity contribution >= 4 is 93.7 Å². The molecule has 4 aliphatic heterocycles. The third-order valence-electron chi connectivity index (χ3n) is 20.2. The molecule has 4 heterocycles. The first-order valence-corrected chi connectivity index (χ1v) is 38.8. The number of carbonyl (C=O) groups excluding carboxylic acids is 8. The number of likely N-dealkylation sites (tertiary alicyclic amines) is 1. The average Bonchev–Trinajstić information content (AvgIpc) is 1.58. The van der Waals surface area contributed by atoms with E-state index in [2.05, 4.69) is 15.5 Å². The van der Waals surface area contributed by atoms with E-state index in [1.165, 1.54) is 31.3 Å². The van der Waals surface area contributed by atoms with E-state index in [4.69, 9.17) is 74.8 Å². The highest BCUT2D eigenvalue weighted by Crippen LogP contribution is 2.40. The minimum Gasteiger partial charge on any atom is -0.493 e. The van der Waals surface area contributed by atoms with Crippen molar-refractivity contribution in [2.45, 2.75) is 88.4 Å². The fraction of sp³-hybridized carbons (Fsp3) is 0.287. The summed E-state index contributed by atoms with van der Waals surface area (Å²) in [5.41, 5.74) is 6.07. The van der Waals surface area contributed by atoms with E-state index >= 15 is 0 Å². The van der Waals surface area contributed by atoms with Gasteiger partial charge < -0.3 is 59.1 Å². The van der Waals surface area contributed by atoms with Crippen LogP contribution in [0.5, 0.6) is 34.5 Å². The standard InChI is InChI=1S/C50H52N4O10.C37H33Cl4N3O6/c1-60-44-27-36(28-45(61-2)47(44)62-31-34-13-7-4-8-14-34)48(57)51-40(25-33-11-5-3-6-12-33)41(55)30-54(46(56)21-24-53-49(58)38-15-9-10-16-39(38)50(53)59)37-19-22-52(23-20-37)29-35-17-18-42-43(26-35)64-32-63-42;38-25-12-10-23(11-13-25)14-16-43(35(47)15-17-44-36(48)26-8-4-5-9-27(26)37(44)49)21-32(45)31(18-24-6-2-1-3-7-24)42-34(46)22-50-33-20-29(40)28(39)19-30(33)41/h3-18,26-28,37,40-41,55H,19-25,29-32H2,1-2H3,(H,51,57);1-13,19-20,31-32,45H,14-18,21-22H2,(H,42,46)/t40-,41-;31-,32-/m00/s1. The summed E-state index contributed by atoms with van der Waals surface area (Å²) in [7, 11) is 2.96. The van der Waals surface area contributed by atoms with Crippen LogP contribution >= 0.6 is 46.4 Å². The van der Waals surface area contributed by atoms with Crippen LogP contribution in [0.15, 0.2) is 206 Å². The highest BCUT2D eigenvalue weighted by atomic mass is 35.5. The molecule has 1 saturated heterocycles. The van der Waals surface area contributed by atoms with Crippen LogP contribution in [-0.4, -0.2) is 186 Å². The lowest BCUT2D eigenvalue weighted by Crippen LogP contribution is -2.55. The number of fused-ring (bicyclic) bond motifs is 3. The van der Waals surface area contributed by atoms with Gasteiger partial charge in [-0.1, -0.05) is 180 Å². The number of amides is 8. The molecular formula is C87H85Cl4N7O16. The quantitative estimate of drug-likeness (QED) is 0.0220. The maximum absolute atomic E-state index is 14.4. The Morgan fingerprint density at radius 3 is 1.56 bits per heavy atom. The number of halogens is 4. The van der Waals surface area contributed by atoms with Crippen LogP contribution in [-0.2, 0) is 46.8 Å². The van der Waals surface area contributed by atoms with Crippen molar-refractivity contribution in [3.8, 4) is 34.5 Å². The molecule has 4 aliphatic rings. The number of benzene rings is 9. The Hall–Kier alpha value is -11.0. The summed E-state index contributed by atoms with van der Waals surface area (Å²) in [4.78, 5) is 116. The lowest BCUT2D eigenvalue weighted by atomic mass is 9.97. The van der Waals surface area contributed by atoms with Crippen LogP contribution in [0.3, 0.4) is 0 Å². The molecule has 114 heavy (non-hydrogen) atoms. The van der Waals surface area contributed by atoms with Gasteiger partial charge in [0.05, 0.1) is 75.8 Å². The van der Waals surface area contributed by atoms with Gasteiger partial charge in [-0.15, -0.1) is 0 Å². The molecule has 9 aromatic carbocycles. The van der Waals surface area contributed by atoms with Crippen molar-refractivity contribution in [1.29, 1.82) is 0 Å². The van der Waals surface area contributed by atoms with Crippen molar-refractivity contribution in [3.63, 3.8) is 0 Å². The molecule has 13 rings (SSSR count). The van der Waals surface area contributed by atoms with Crippen LogP contribution in [0.2, 0.25) is 20.1 Å². The van der Waals surface area contributed by atoms with Crippen molar-refractivity contribution in [2.75, 3.05) is 73.4 Å². The molecule has 0 aromatic heterocycles. The van der Waals surface area contributed by atoms with E-state index in [0.29, 0.717) is 83.4 Å². The maximum atomic E-state index is 14.4. The molecule has 1 fully saturated rings. The maximum Gasteiger partial charge on any atom is 0.261 e. The zero-order valence-corrected chi connectivity index (χ0v) is 65.6. The Balaban J connectivity index is 0.000000218. The fourth-order valence-electron chi connectivity index (χ4n) is 14.1. The zero-order valence-electron chi connectivity index (χ0n) is 62.6. The van der Waals surface area contributed by atoms with Crippen LogP contribution in [0.1, 0.15) is 105 Å². The van der Waals surface area contributed by atoms with E-state index in [-0.39, 0.29) is 116 Å². The number of nitrogens with zero attached hydrogens (tertiary/aromatic N) is 5. The number of aliphatic hydroxyl groups excluding tert-OH is 2. The normalized spacial score (nSPS) is 14.7. The highest BCUT2D eigenvalue weighted by Gasteiger charge is 2.39. The van der Waals surface area contributed by atoms with Crippen molar-refractivity contribution in [3.05, 3.63) is 282 Å². The minimum absolute atomic E-state index is 0.107. The van der Waals surface area contributed by atoms with Crippen LogP contribution in [0.25, 0.3) is 0 Å². The summed E-state index contributed by atoms with van der Waals surface area (Å²) >= 11 is 24.3. The van der Waals surface area contributed by atoms with E-state index in [0.717, 1.165) is 49.1 Å². The Bertz CT molecular complexity index is 4830. The van der Waals surface area contributed by atoms with Gasteiger partial charge in [0.1, 0.15) is 12.4 Å². The molecule has 4 N–H and O–H groups in total. The monoisotopic (exact) mass is 1620 g/mol. The second kappa shape index (κ2) is 39.1. The molecule has 9 aromatic rings. The summed E-state index contributed by atoms with van der Waals surface area (Å²) in [6, 6.07) is 58.7. The Morgan fingerprint density at radius 2 is 1.01 bits per heavy atom. The molecule has 4 atom stereocenters. The average molecular weight is 1630 g/mol. The third-order valence-corrected chi connectivity index (χ3v) is 21.5. The van der Waals surface area contributed by atoms with Gasteiger partial charge in [-0.3, -0.25) is 53.1 Å². The van der Waals surface area contributed by atoms with E-state index < -0.39 is 66.3 Å². The molecular weight excluding hydrogens is 1540 g/mol. The predicted octanol–water partition coefficient (Wildman–Crippen LogP) is 12.4. The number of aliphatic hydroxyl groups is 2. The highest BCUT2D eigenvalue weighted by molar-refractivity contribution is 6.43. The molecule has 0 saturated carbocycles. The largest absolute Gasteiger partial charge is 0.493 e. The first kappa shape index (κ1) is 82.4. The fourth-order valence-corrected chi connectivity index (χ4v) is 14.8. The van der Waals surface area contributed by atoms with Gasteiger partial charge in [0.25, 0.3) is 35.4 Å². The van der Waals surface area contributed by atoms with Gasteiger partial charge >= 0.3 is 0 Å². The van der Waals surface area contributed by atoms with Crippen LogP contribution in [0.4, 0.5) is 0 Å². The number of imide groups is 2. The smallest absolute Gasteiger partial charge is 0.261 e. The van der Waals surface area contributed by atoms with Gasteiger partial charge in [0.2, 0.25) is 24.4 Å². The van der Waals surface area contributed by atoms with Gasteiger partial charge in [-0.2, -0.15) is 0 Å². The number of ether oxygens (including phenoxy) is 6. The first-order chi connectivity index (χ1) is 55.2. The first-order valence-electron chi connectivity index (χ1n) is 37.3. The lowest BCUT2D eigenvalue weighted by molar-refractivity contribution is -0.137. The molecule has 0 spiro atoms. The molecule has 592 valence electrons. The topological polar surface area (TPSA) is 273 Å². The summed E-state index contributed by atoms with van der Waals surface area (Å²) in [5.74, 6) is -0.996. The van der Waals surface area contributed by atoms with Crippen LogP contribution < -0.4 is 39.1 Å². The van der Waals surface area contributed by atoms with E-state index in [1.54, 1.807) is 77.7 Å². The Labute approximate surface area is 680 Å². The number of nitrogens with one attached hydrogen (secondary N) is 2. The number of rotatable bonds is 33. The molecule has 0 aliphatic carbocycles. The third kappa shape index (κ3) is 21.1. The number of piperidine rings is 1. The molecule has 0 bridgehead atoms. The van der Waals surface area contributed by atoms with Crippen molar-refractivity contribution < 1.29 is 77.0 Å². The van der Waals surface area contributed by atoms with E-state index in [9.17, 15) is 48.6 Å². The van der Waals surface area contributed by atoms with Gasteiger partial charge in [-0.05, 0) is 127 Å². The van der Waals surface area contributed by atoms with Gasteiger partial charge in [0, 0.05) is 87.9 Å². The number of hydrogen-bond acceptors (Lipinski definition) is 17. The SMILES string of the molecule is COc1cc(C(=O)N[C@@H](Cc2ccccc2)[C@@H](O)CN(C(=O)CCN2C(=O)c3ccccc3C2=O)C2CCN(Cc3ccc4c(c3)OCO4)CC2)cc(OC)c1OCc1ccccc1.O=C(COc1cc(Cl)c(Cl)cc1Cl)N[C@@H](Cc1ccccc1)[C@@H](O)CN(CCc1ccc(Cl)cc1)C(=O)CCN1C(=O)c2ccccc2C1=O. The van der Waals surface area contributed by atoms with Crippen LogP contribution in [0, 0.1) is 0 Å². The van der Waals surface area contributed by atoms with Crippen molar-refractivity contribution in [2.24, 2.45) is 0 Å². The predicted molar refractivity (Wildman–Crippen MR) is 430 cm³/mol. The van der Waals surface area contributed by atoms with E-state index in [1.807, 2.05) is 121 Å². The summed E-state index contributed by atoms with van der Waals surface area (Å²) < 4.78 is 34.1. The van der Waals surface area contributed by atoms with Crippen molar-refractivity contribution in [1.82, 2.24) is 35.1 Å². The lowest BCUT2D eigenvalue weighted by Gasteiger charge is -2.40. The number of hydrogen-bond donors (Lipinski definition) is 4. The molecule has 8 amide bonds. The van der Waals surface area contributed by atoms with Gasteiger partial charge in [0.15, 0.2) is 29.6 Å². The molecule has 27 heteroatoms. The Kier molecular flexibility index (Phi) is 28.3. The minimum atomic E-state index is -1.23. The molecule has 0 radical (unpaired) electrons. The zero-order chi connectivity index (χ0) is 80.4. The second-order valence-corrected chi connectivity index (χ2v) is 29.5. The van der Waals surface area contributed by atoms with Gasteiger partial charge in [-0.25, -0.2) is 0 Å². The molecule has 23 nitrogen and oxygen atoms in total. The Morgan fingerprint density at radius 1 is 0.518 bits per heavy atom. The number of methoxy groups -OCH3 is 2. The number of carbonyl (C=O) groups is 8. The second-order valence-electron chi connectivity index (χ2n) is 27.8. The summed E-state index contributed by atoms with van der Waals surface area (Å²) in [6.45, 7) is 1.77. The summed E-state index contributed by atoms with van der Waals surface area (Å²) in [5, 5.41) is 30.9.